The second-order valence-electron chi connectivity index (χ2n) is 6.81. The summed E-state index contributed by atoms with van der Waals surface area (Å²) in [5, 5.41) is 7.37. The molecule has 0 saturated carbocycles. The van der Waals surface area contributed by atoms with E-state index >= 15 is 0 Å². The second-order valence-corrected chi connectivity index (χ2v) is 7.22. The molecule has 0 radical (unpaired) electrons. The van der Waals surface area contributed by atoms with Crippen LogP contribution in [0.4, 0.5) is 10.1 Å². The zero-order chi connectivity index (χ0) is 23.3. The van der Waals surface area contributed by atoms with Crippen LogP contribution in [0.1, 0.15) is 17.0 Å². The zero-order valence-electron chi connectivity index (χ0n) is 17.7. The number of nitrogens with one attached hydrogen (secondary N) is 1. The van der Waals surface area contributed by atoms with Gasteiger partial charge in [-0.1, -0.05) is 11.6 Å². The van der Waals surface area contributed by atoms with Gasteiger partial charge in [0.1, 0.15) is 11.6 Å². The lowest BCUT2D eigenvalue weighted by Gasteiger charge is -2.08. The van der Waals surface area contributed by atoms with Crippen LogP contribution in [0.15, 0.2) is 48.5 Å². The van der Waals surface area contributed by atoms with E-state index in [1.165, 1.54) is 31.4 Å². The summed E-state index contributed by atoms with van der Waals surface area (Å²) < 4.78 is 24.9. The number of aryl methyl sites for hydroxylation is 1. The fourth-order valence-corrected chi connectivity index (χ4v) is 3.26. The Kier molecular flexibility index (Phi) is 7.27. The van der Waals surface area contributed by atoms with Crippen molar-refractivity contribution in [3.05, 3.63) is 76.3 Å². The highest BCUT2D eigenvalue weighted by Crippen LogP contribution is 2.27. The van der Waals surface area contributed by atoms with E-state index in [1.54, 1.807) is 41.9 Å². The van der Waals surface area contributed by atoms with Crippen LogP contribution in [0.25, 0.3) is 11.8 Å². The molecular weight excluding hydrogens is 437 g/mol. The Hall–Kier alpha value is -3.65. The Labute approximate surface area is 189 Å². The van der Waals surface area contributed by atoms with Crippen molar-refractivity contribution in [1.82, 2.24) is 9.78 Å². The van der Waals surface area contributed by atoms with E-state index in [0.717, 1.165) is 11.3 Å². The third kappa shape index (κ3) is 5.53. The lowest BCUT2D eigenvalue weighted by Crippen LogP contribution is -2.20. The van der Waals surface area contributed by atoms with Crippen molar-refractivity contribution in [2.45, 2.75) is 13.8 Å². The number of rotatable bonds is 7. The zero-order valence-corrected chi connectivity index (χ0v) is 18.4. The molecule has 0 aliphatic carbocycles. The van der Waals surface area contributed by atoms with E-state index in [9.17, 15) is 14.0 Å². The number of ether oxygens (including phenoxy) is 2. The van der Waals surface area contributed by atoms with Gasteiger partial charge in [0.05, 0.1) is 23.5 Å². The van der Waals surface area contributed by atoms with Crippen LogP contribution >= 0.6 is 11.6 Å². The first-order valence-corrected chi connectivity index (χ1v) is 9.96. The molecule has 2 aromatic carbocycles. The molecule has 1 N–H and O–H groups in total. The lowest BCUT2D eigenvalue weighted by atomic mass is 10.2. The highest BCUT2D eigenvalue weighted by molar-refractivity contribution is 6.32. The summed E-state index contributed by atoms with van der Waals surface area (Å²) in [5.74, 6) is -1.04. The number of aromatic nitrogens is 2. The van der Waals surface area contributed by atoms with Gasteiger partial charge in [0.2, 0.25) is 0 Å². The van der Waals surface area contributed by atoms with Crippen molar-refractivity contribution in [2.75, 3.05) is 19.0 Å². The molecule has 32 heavy (non-hydrogen) atoms. The minimum Gasteiger partial charge on any atom is -0.495 e. The predicted molar refractivity (Wildman–Crippen MR) is 120 cm³/mol. The van der Waals surface area contributed by atoms with Gasteiger partial charge in [-0.15, -0.1) is 0 Å². The molecule has 0 saturated heterocycles. The molecule has 1 amide bonds. The van der Waals surface area contributed by atoms with Crippen molar-refractivity contribution in [3.63, 3.8) is 0 Å². The molecule has 1 aromatic heterocycles. The van der Waals surface area contributed by atoms with E-state index in [0.29, 0.717) is 27.8 Å². The largest absolute Gasteiger partial charge is 0.495 e. The van der Waals surface area contributed by atoms with Crippen molar-refractivity contribution < 1.29 is 23.5 Å². The Balaban J connectivity index is 1.59. The predicted octanol–water partition coefficient (Wildman–Crippen LogP) is 4.49. The van der Waals surface area contributed by atoms with Gasteiger partial charge in [0, 0.05) is 23.0 Å². The number of carbonyl (C=O) groups excluding carboxylic acids is 2. The van der Waals surface area contributed by atoms with Crippen LogP contribution in [-0.4, -0.2) is 35.4 Å². The Bertz CT molecular complexity index is 1170. The molecule has 3 rings (SSSR count). The quantitative estimate of drug-likeness (QED) is 0.417. The van der Waals surface area contributed by atoms with Gasteiger partial charge in [0.25, 0.3) is 5.91 Å². The van der Waals surface area contributed by atoms with Gasteiger partial charge in [-0.25, -0.2) is 13.9 Å². The molecule has 1 heterocycles. The number of amides is 1. The summed E-state index contributed by atoms with van der Waals surface area (Å²) in [6.45, 7) is 3.17. The number of anilines is 1. The monoisotopic (exact) mass is 457 g/mol. The Morgan fingerprint density at radius 1 is 1.19 bits per heavy atom. The number of nitrogens with zero attached hydrogens (tertiary/aromatic N) is 2. The van der Waals surface area contributed by atoms with Crippen LogP contribution in [0.2, 0.25) is 5.02 Å². The van der Waals surface area contributed by atoms with E-state index in [2.05, 4.69) is 10.4 Å². The van der Waals surface area contributed by atoms with Crippen LogP contribution in [-0.2, 0) is 14.3 Å². The Morgan fingerprint density at radius 3 is 2.56 bits per heavy atom. The van der Waals surface area contributed by atoms with Crippen LogP contribution < -0.4 is 10.1 Å². The lowest BCUT2D eigenvalue weighted by molar-refractivity contribution is -0.142. The SMILES string of the molecule is COc1ccc(NC(=O)COC(=O)/C=C/c2c(C)nn(-c3ccc(F)cc3)c2C)cc1Cl. The third-order valence-corrected chi connectivity index (χ3v) is 4.88. The van der Waals surface area contributed by atoms with E-state index in [4.69, 9.17) is 21.1 Å². The number of benzene rings is 2. The molecule has 0 aliphatic rings. The van der Waals surface area contributed by atoms with Crippen molar-refractivity contribution in [3.8, 4) is 11.4 Å². The van der Waals surface area contributed by atoms with Crippen LogP contribution in [0.5, 0.6) is 5.75 Å². The highest BCUT2D eigenvalue weighted by Gasteiger charge is 2.12. The van der Waals surface area contributed by atoms with Gasteiger partial charge in [-0.2, -0.15) is 5.10 Å². The summed E-state index contributed by atoms with van der Waals surface area (Å²) in [6, 6.07) is 10.7. The van der Waals surface area contributed by atoms with E-state index in [-0.39, 0.29) is 5.82 Å². The Morgan fingerprint density at radius 2 is 1.91 bits per heavy atom. The normalized spacial score (nSPS) is 10.9. The van der Waals surface area contributed by atoms with Gasteiger partial charge < -0.3 is 14.8 Å². The van der Waals surface area contributed by atoms with Crippen molar-refractivity contribution in [1.29, 1.82) is 0 Å². The fourth-order valence-electron chi connectivity index (χ4n) is 3.01. The molecule has 0 atom stereocenters. The first kappa shape index (κ1) is 23.0. The second kappa shape index (κ2) is 10.1. The number of hydrogen-bond acceptors (Lipinski definition) is 5. The maximum absolute atomic E-state index is 13.2. The van der Waals surface area contributed by atoms with Gasteiger partial charge in [-0.3, -0.25) is 4.79 Å². The molecule has 0 spiro atoms. The third-order valence-electron chi connectivity index (χ3n) is 4.59. The first-order valence-electron chi connectivity index (χ1n) is 9.59. The number of halogens is 2. The summed E-state index contributed by atoms with van der Waals surface area (Å²) in [7, 11) is 1.49. The number of esters is 1. The maximum atomic E-state index is 13.2. The molecule has 166 valence electrons. The number of methoxy groups -OCH3 is 1. The van der Waals surface area contributed by atoms with Crippen LogP contribution in [0.3, 0.4) is 0 Å². The topological polar surface area (TPSA) is 82.4 Å². The summed E-state index contributed by atoms with van der Waals surface area (Å²) >= 11 is 6.02. The fraction of sp³-hybridized carbons (Fsp3) is 0.174. The average molecular weight is 458 g/mol. The van der Waals surface area contributed by atoms with Gasteiger partial charge in [0.15, 0.2) is 6.61 Å². The first-order chi connectivity index (χ1) is 15.3. The van der Waals surface area contributed by atoms with Gasteiger partial charge in [-0.05, 0) is 62.4 Å². The molecule has 0 aliphatic heterocycles. The minimum atomic E-state index is -0.679. The van der Waals surface area contributed by atoms with Gasteiger partial charge >= 0.3 is 5.97 Å². The smallest absolute Gasteiger partial charge is 0.331 e. The summed E-state index contributed by atoms with van der Waals surface area (Å²) in [5.41, 5.74) is 3.33. The highest BCUT2D eigenvalue weighted by atomic mass is 35.5. The molecule has 7 nitrogen and oxygen atoms in total. The maximum Gasteiger partial charge on any atom is 0.331 e. The molecular formula is C23H21ClFN3O4. The standard InChI is InChI=1S/C23H21ClFN3O4/c1-14-19(15(2)28(27-14)18-7-4-16(25)5-8-18)9-11-23(30)32-13-22(29)26-17-6-10-21(31-3)20(24)12-17/h4-12H,13H2,1-3H3,(H,26,29)/b11-9+. The molecule has 0 bridgehead atoms. The summed E-state index contributed by atoms with van der Waals surface area (Å²) in [6.07, 6.45) is 2.80. The number of hydrogen-bond donors (Lipinski definition) is 1. The summed E-state index contributed by atoms with van der Waals surface area (Å²) in [4.78, 5) is 24.1. The molecule has 9 heteroatoms. The molecule has 3 aromatic rings. The van der Waals surface area contributed by atoms with E-state index < -0.39 is 18.5 Å². The minimum absolute atomic E-state index is 0.336. The molecule has 0 fully saturated rings. The molecule has 0 unspecified atom stereocenters. The number of carbonyl (C=O) groups is 2. The van der Waals surface area contributed by atoms with Crippen molar-refractivity contribution in [2.24, 2.45) is 0 Å². The van der Waals surface area contributed by atoms with Crippen LogP contribution in [0, 0.1) is 19.7 Å². The van der Waals surface area contributed by atoms with E-state index in [1.807, 2.05) is 6.92 Å². The average Bonchev–Trinajstić information content (AvgIpc) is 3.05. The van der Waals surface area contributed by atoms with Crippen molar-refractivity contribution >= 4 is 35.2 Å².